The summed E-state index contributed by atoms with van der Waals surface area (Å²) in [5, 5.41) is 0. The minimum absolute atomic E-state index is 0.336. The van der Waals surface area contributed by atoms with Crippen molar-refractivity contribution in [3.05, 3.63) is 45.1 Å². The van der Waals surface area contributed by atoms with Gasteiger partial charge in [-0.1, -0.05) is 6.92 Å². The Kier molecular flexibility index (Phi) is 5.81. The van der Waals surface area contributed by atoms with Gasteiger partial charge in [0.25, 0.3) is 11.8 Å². The number of amides is 2. The molecule has 2 amide bonds. The summed E-state index contributed by atoms with van der Waals surface area (Å²) in [6.45, 7) is 4.01. The molecular weight excluding hydrogens is 328 g/mol. The molecule has 0 aliphatic carbocycles. The average molecular weight is 348 g/mol. The maximum atomic E-state index is 12.2. The monoisotopic (exact) mass is 348 g/mol. The van der Waals surface area contributed by atoms with E-state index in [0.717, 1.165) is 16.9 Å². The highest BCUT2D eigenvalue weighted by atomic mass is 32.1. The molecule has 7 heteroatoms. The maximum absolute atomic E-state index is 12.2. The van der Waals surface area contributed by atoms with Crippen LogP contribution in [0.2, 0.25) is 0 Å². The van der Waals surface area contributed by atoms with Crippen molar-refractivity contribution >= 4 is 23.2 Å². The molecule has 1 aromatic heterocycles. The fraction of sp³-hybridized carbons (Fsp3) is 0.294. The van der Waals surface area contributed by atoms with Crippen molar-refractivity contribution in [3.63, 3.8) is 0 Å². The van der Waals surface area contributed by atoms with Gasteiger partial charge in [-0.05, 0) is 43.2 Å². The van der Waals surface area contributed by atoms with Crippen LogP contribution in [0.3, 0.4) is 0 Å². The average Bonchev–Trinajstić information content (AvgIpc) is 2.99. The van der Waals surface area contributed by atoms with Gasteiger partial charge in [0.15, 0.2) is 11.5 Å². The van der Waals surface area contributed by atoms with Crippen LogP contribution in [0.15, 0.2) is 24.3 Å². The molecule has 0 aliphatic rings. The first kappa shape index (κ1) is 17.8. The predicted octanol–water partition coefficient (Wildman–Crippen LogP) is 2.71. The molecule has 0 radical (unpaired) electrons. The molecule has 0 unspecified atom stereocenters. The quantitative estimate of drug-likeness (QED) is 0.815. The van der Waals surface area contributed by atoms with E-state index in [2.05, 4.69) is 10.9 Å². The fourth-order valence-electron chi connectivity index (χ4n) is 2.21. The Morgan fingerprint density at radius 3 is 2.29 bits per heavy atom. The Hall–Kier alpha value is -2.54. The Bertz CT molecular complexity index is 755. The maximum Gasteiger partial charge on any atom is 0.279 e. The zero-order valence-electron chi connectivity index (χ0n) is 14.1. The van der Waals surface area contributed by atoms with Crippen molar-refractivity contribution in [2.45, 2.75) is 20.3 Å². The van der Waals surface area contributed by atoms with Gasteiger partial charge in [0.2, 0.25) is 0 Å². The Morgan fingerprint density at radius 2 is 1.71 bits per heavy atom. The van der Waals surface area contributed by atoms with Gasteiger partial charge in [-0.25, -0.2) is 0 Å². The summed E-state index contributed by atoms with van der Waals surface area (Å²) >= 11 is 1.43. The lowest BCUT2D eigenvalue weighted by molar-refractivity contribution is 0.0848. The van der Waals surface area contributed by atoms with Crippen LogP contribution in [0.5, 0.6) is 11.5 Å². The molecule has 128 valence electrons. The first-order valence-corrected chi connectivity index (χ1v) is 8.23. The minimum atomic E-state index is -0.437. The largest absolute Gasteiger partial charge is 0.493 e. The highest BCUT2D eigenvalue weighted by Gasteiger charge is 2.14. The second kappa shape index (κ2) is 7.83. The van der Waals surface area contributed by atoms with Crippen LogP contribution in [0, 0.1) is 6.92 Å². The number of thiophene rings is 1. The van der Waals surface area contributed by atoms with E-state index in [-0.39, 0.29) is 5.91 Å². The van der Waals surface area contributed by atoms with Gasteiger partial charge in [-0.2, -0.15) is 0 Å². The zero-order chi connectivity index (χ0) is 17.7. The Balaban J connectivity index is 2.03. The van der Waals surface area contributed by atoms with Crippen molar-refractivity contribution in [2.75, 3.05) is 14.2 Å². The number of rotatable bonds is 5. The topological polar surface area (TPSA) is 76.7 Å². The van der Waals surface area contributed by atoms with Gasteiger partial charge in [0.05, 0.1) is 19.1 Å². The number of benzene rings is 1. The molecule has 1 aromatic carbocycles. The Morgan fingerprint density at radius 1 is 1.04 bits per heavy atom. The van der Waals surface area contributed by atoms with Gasteiger partial charge in [-0.15, -0.1) is 11.3 Å². The van der Waals surface area contributed by atoms with E-state index in [9.17, 15) is 9.59 Å². The first-order valence-electron chi connectivity index (χ1n) is 7.42. The van der Waals surface area contributed by atoms with Gasteiger partial charge in [0, 0.05) is 10.4 Å². The lowest BCUT2D eigenvalue weighted by atomic mass is 10.2. The number of hydrazine groups is 1. The number of ether oxygens (including phenoxy) is 2. The molecule has 6 nitrogen and oxygen atoms in total. The molecule has 0 saturated heterocycles. The number of carbonyl (C=O) groups excluding carboxylic acids is 2. The molecule has 0 aliphatic heterocycles. The number of carbonyl (C=O) groups is 2. The fourth-order valence-corrected chi connectivity index (χ4v) is 3.22. The third-order valence-corrected chi connectivity index (χ3v) is 4.88. The molecule has 0 atom stereocenters. The second-order valence-corrected chi connectivity index (χ2v) is 6.19. The van der Waals surface area contributed by atoms with Gasteiger partial charge in [-0.3, -0.25) is 20.4 Å². The number of hydrogen-bond acceptors (Lipinski definition) is 5. The van der Waals surface area contributed by atoms with E-state index in [1.807, 2.05) is 19.9 Å². The van der Waals surface area contributed by atoms with E-state index in [1.165, 1.54) is 25.6 Å². The third kappa shape index (κ3) is 3.86. The smallest absolute Gasteiger partial charge is 0.279 e. The zero-order valence-corrected chi connectivity index (χ0v) is 14.9. The van der Waals surface area contributed by atoms with Gasteiger partial charge >= 0.3 is 0 Å². The summed E-state index contributed by atoms with van der Waals surface area (Å²) < 4.78 is 10.3. The molecule has 0 saturated carbocycles. The van der Waals surface area contributed by atoms with E-state index in [4.69, 9.17) is 9.47 Å². The highest BCUT2D eigenvalue weighted by Crippen LogP contribution is 2.27. The molecule has 0 spiro atoms. The number of hydrogen-bond donors (Lipinski definition) is 2. The highest BCUT2D eigenvalue weighted by molar-refractivity contribution is 7.14. The summed E-state index contributed by atoms with van der Waals surface area (Å²) in [5.41, 5.74) is 6.27. The van der Waals surface area contributed by atoms with Gasteiger partial charge in [0.1, 0.15) is 0 Å². The lowest BCUT2D eigenvalue weighted by Gasteiger charge is -2.10. The van der Waals surface area contributed by atoms with Crippen LogP contribution in [-0.4, -0.2) is 26.0 Å². The molecule has 2 rings (SSSR count). The molecule has 2 aromatic rings. The van der Waals surface area contributed by atoms with Crippen LogP contribution < -0.4 is 20.3 Å². The number of aryl methyl sites for hydroxylation is 2. The minimum Gasteiger partial charge on any atom is -0.493 e. The van der Waals surface area contributed by atoms with Crippen molar-refractivity contribution in [1.82, 2.24) is 10.9 Å². The lowest BCUT2D eigenvalue weighted by Crippen LogP contribution is -2.41. The van der Waals surface area contributed by atoms with E-state index in [1.54, 1.807) is 18.2 Å². The number of nitrogens with one attached hydrogen (secondary N) is 2. The molecule has 24 heavy (non-hydrogen) atoms. The third-order valence-electron chi connectivity index (χ3n) is 3.50. The van der Waals surface area contributed by atoms with Crippen molar-refractivity contribution in [2.24, 2.45) is 0 Å². The summed E-state index contributed by atoms with van der Waals surface area (Å²) in [7, 11) is 3.01. The SMILES string of the molecule is CCc1sc(C(=O)NNC(=O)c2ccc(OC)c(OC)c2)cc1C. The van der Waals surface area contributed by atoms with Crippen molar-refractivity contribution in [3.8, 4) is 11.5 Å². The van der Waals surface area contributed by atoms with Crippen LogP contribution in [-0.2, 0) is 6.42 Å². The van der Waals surface area contributed by atoms with E-state index < -0.39 is 5.91 Å². The molecule has 2 N–H and O–H groups in total. The molecule has 0 fully saturated rings. The summed E-state index contributed by atoms with van der Waals surface area (Å²) in [5.74, 6) is 0.196. The molecular formula is C17H20N2O4S. The van der Waals surface area contributed by atoms with E-state index >= 15 is 0 Å². The summed E-state index contributed by atoms with van der Waals surface area (Å²) in [4.78, 5) is 26.0. The normalized spacial score (nSPS) is 10.2. The van der Waals surface area contributed by atoms with Gasteiger partial charge < -0.3 is 9.47 Å². The summed E-state index contributed by atoms with van der Waals surface area (Å²) in [6, 6.07) is 6.59. The van der Waals surface area contributed by atoms with Crippen molar-refractivity contribution < 1.29 is 19.1 Å². The van der Waals surface area contributed by atoms with E-state index in [0.29, 0.717) is 21.9 Å². The van der Waals surface area contributed by atoms with Crippen molar-refractivity contribution in [1.29, 1.82) is 0 Å². The Labute approximate surface area is 144 Å². The van der Waals surface area contributed by atoms with Crippen LogP contribution >= 0.6 is 11.3 Å². The van der Waals surface area contributed by atoms with Crippen LogP contribution in [0.25, 0.3) is 0 Å². The van der Waals surface area contributed by atoms with Crippen LogP contribution in [0.1, 0.15) is 37.4 Å². The second-order valence-electron chi connectivity index (χ2n) is 5.05. The summed E-state index contributed by atoms with van der Waals surface area (Å²) in [6.07, 6.45) is 0.877. The standard InChI is InChI=1S/C17H20N2O4S/c1-5-14-10(2)8-15(24-14)17(21)19-18-16(20)11-6-7-12(22-3)13(9-11)23-4/h6-9H,5H2,1-4H3,(H,18,20)(H,19,21). The van der Waals surface area contributed by atoms with Crippen LogP contribution in [0.4, 0.5) is 0 Å². The molecule has 1 heterocycles. The molecule has 0 bridgehead atoms. The first-order chi connectivity index (χ1) is 11.5. The number of methoxy groups -OCH3 is 2. The predicted molar refractivity (Wildman–Crippen MR) is 92.9 cm³/mol.